The molecule has 0 aromatic heterocycles. The summed E-state index contributed by atoms with van der Waals surface area (Å²) in [4.78, 5) is 0. The van der Waals surface area contributed by atoms with E-state index in [1.165, 1.54) is 0 Å². The van der Waals surface area contributed by atoms with E-state index in [-0.39, 0.29) is 12.4 Å². The molecule has 1 rings (SSSR count). The Labute approximate surface area is 86.3 Å². The molecular formula is C10H13BrO2. The molecule has 13 heavy (non-hydrogen) atoms. The van der Waals surface area contributed by atoms with Crippen LogP contribution in [0.2, 0.25) is 0 Å². The third kappa shape index (κ3) is 2.23. The molecule has 0 atom stereocenters. The summed E-state index contributed by atoms with van der Waals surface area (Å²) in [5.41, 5.74) is 1.64. The van der Waals surface area contributed by atoms with Gasteiger partial charge in [0.1, 0.15) is 5.75 Å². The molecule has 0 aliphatic carbocycles. The number of hydrogen-bond acceptors (Lipinski definition) is 2. The minimum absolute atomic E-state index is 0.0374. The lowest BCUT2D eigenvalue weighted by Gasteiger charge is -2.10. The van der Waals surface area contributed by atoms with Gasteiger partial charge in [-0.25, -0.2) is 0 Å². The minimum Gasteiger partial charge on any atom is -0.508 e. The second-order valence-corrected chi connectivity index (χ2v) is 3.79. The lowest BCUT2D eigenvalue weighted by molar-refractivity contribution is 0.279. The van der Waals surface area contributed by atoms with Crippen LogP contribution in [0.15, 0.2) is 16.6 Å². The van der Waals surface area contributed by atoms with Gasteiger partial charge < -0.3 is 10.2 Å². The van der Waals surface area contributed by atoms with Crippen LogP contribution in [0, 0.1) is 0 Å². The zero-order valence-electron chi connectivity index (χ0n) is 7.55. The Balaban J connectivity index is 3.18. The van der Waals surface area contributed by atoms with Crippen molar-refractivity contribution in [3.05, 3.63) is 27.7 Å². The zero-order valence-corrected chi connectivity index (χ0v) is 9.13. The zero-order chi connectivity index (χ0) is 9.84. The van der Waals surface area contributed by atoms with E-state index in [9.17, 15) is 5.11 Å². The van der Waals surface area contributed by atoms with Crippen molar-refractivity contribution in [2.75, 3.05) is 0 Å². The normalized spacial score (nSPS) is 10.4. The molecule has 0 amide bonds. The molecule has 3 heteroatoms. The second kappa shape index (κ2) is 4.63. The summed E-state index contributed by atoms with van der Waals surface area (Å²) in [7, 11) is 0. The van der Waals surface area contributed by atoms with Crippen LogP contribution in [-0.2, 0) is 13.0 Å². The Kier molecular flexibility index (Phi) is 3.75. The summed E-state index contributed by atoms with van der Waals surface area (Å²) in [5.74, 6) is 0.272. The van der Waals surface area contributed by atoms with Gasteiger partial charge in [-0.05, 0) is 24.1 Å². The highest BCUT2D eigenvalue weighted by Gasteiger charge is 2.09. The van der Waals surface area contributed by atoms with Gasteiger partial charge in [-0.1, -0.05) is 29.3 Å². The molecule has 0 saturated heterocycles. The van der Waals surface area contributed by atoms with Gasteiger partial charge in [0.05, 0.1) is 6.61 Å². The van der Waals surface area contributed by atoms with Crippen LogP contribution in [0.1, 0.15) is 24.5 Å². The van der Waals surface area contributed by atoms with E-state index < -0.39 is 0 Å². The van der Waals surface area contributed by atoms with Crippen molar-refractivity contribution in [2.24, 2.45) is 0 Å². The van der Waals surface area contributed by atoms with E-state index in [2.05, 4.69) is 15.9 Å². The number of hydrogen-bond donors (Lipinski definition) is 2. The SMILES string of the molecule is CCCc1c(O)ccc(Br)c1CO. The summed E-state index contributed by atoms with van der Waals surface area (Å²) >= 11 is 3.34. The van der Waals surface area contributed by atoms with Crippen molar-refractivity contribution in [3.63, 3.8) is 0 Å². The summed E-state index contributed by atoms with van der Waals surface area (Å²) in [6, 6.07) is 3.40. The lowest BCUT2D eigenvalue weighted by Crippen LogP contribution is -1.95. The van der Waals surface area contributed by atoms with Crippen molar-refractivity contribution in [3.8, 4) is 5.75 Å². The van der Waals surface area contributed by atoms with Crippen LogP contribution >= 0.6 is 15.9 Å². The molecule has 1 aromatic rings. The second-order valence-electron chi connectivity index (χ2n) is 2.93. The molecule has 0 radical (unpaired) electrons. The largest absolute Gasteiger partial charge is 0.508 e. The minimum atomic E-state index is -0.0374. The van der Waals surface area contributed by atoms with E-state index in [0.717, 1.165) is 28.4 Å². The maximum absolute atomic E-state index is 9.55. The molecule has 0 saturated carbocycles. The summed E-state index contributed by atoms with van der Waals surface area (Å²) in [6.45, 7) is 2.01. The van der Waals surface area contributed by atoms with Crippen LogP contribution in [0.5, 0.6) is 5.75 Å². The monoisotopic (exact) mass is 244 g/mol. The first kappa shape index (κ1) is 10.5. The first-order valence-corrected chi connectivity index (χ1v) is 5.10. The highest BCUT2D eigenvalue weighted by molar-refractivity contribution is 9.10. The van der Waals surface area contributed by atoms with Gasteiger partial charge in [0.25, 0.3) is 0 Å². The van der Waals surface area contributed by atoms with Crippen LogP contribution in [0.3, 0.4) is 0 Å². The number of aliphatic hydroxyl groups excluding tert-OH is 1. The molecule has 0 bridgehead atoms. The number of rotatable bonds is 3. The first-order chi connectivity index (χ1) is 6.20. The molecule has 0 fully saturated rings. The fourth-order valence-electron chi connectivity index (χ4n) is 1.35. The van der Waals surface area contributed by atoms with Crippen molar-refractivity contribution in [2.45, 2.75) is 26.4 Å². The van der Waals surface area contributed by atoms with Gasteiger partial charge in [-0.3, -0.25) is 0 Å². The van der Waals surface area contributed by atoms with Crippen LogP contribution in [0.4, 0.5) is 0 Å². The number of phenolic OH excluding ortho intramolecular Hbond substituents is 1. The quantitative estimate of drug-likeness (QED) is 0.859. The number of aliphatic hydroxyl groups is 1. The van der Waals surface area contributed by atoms with E-state index >= 15 is 0 Å². The van der Waals surface area contributed by atoms with Gasteiger partial charge in [0, 0.05) is 10.0 Å². The fourth-order valence-corrected chi connectivity index (χ4v) is 1.85. The van der Waals surface area contributed by atoms with Crippen LogP contribution in [0.25, 0.3) is 0 Å². The van der Waals surface area contributed by atoms with Crippen LogP contribution < -0.4 is 0 Å². The van der Waals surface area contributed by atoms with Gasteiger partial charge in [0.15, 0.2) is 0 Å². The topological polar surface area (TPSA) is 40.5 Å². The van der Waals surface area contributed by atoms with Gasteiger partial charge in [-0.2, -0.15) is 0 Å². The summed E-state index contributed by atoms with van der Waals surface area (Å²) in [5, 5.41) is 18.7. The summed E-state index contributed by atoms with van der Waals surface area (Å²) in [6.07, 6.45) is 1.75. The van der Waals surface area contributed by atoms with E-state index in [1.807, 2.05) is 6.92 Å². The lowest BCUT2D eigenvalue weighted by atomic mass is 10.0. The van der Waals surface area contributed by atoms with Gasteiger partial charge in [-0.15, -0.1) is 0 Å². The average Bonchev–Trinajstić information content (AvgIpc) is 2.12. The molecule has 0 heterocycles. The molecule has 2 N–H and O–H groups in total. The van der Waals surface area contributed by atoms with Gasteiger partial charge in [0.2, 0.25) is 0 Å². The van der Waals surface area contributed by atoms with Crippen molar-refractivity contribution in [1.29, 1.82) is 0 Å². The van der Waals surface area contributed by atoms with Crippen molar-refractivity contribution < 1.29 is 10.2 Å². The molecule has 0 unspecified atom stereocenters. The fraction of sp³-hybridized carbons (Fsp3) is 0.400. The average molecular weight is 245 g/mol. The number of benzene rings is 1. The predicted octanol–water partition coefficient (Wildman–Crippen LogP) is 2.60. The Morgan fingerprint density at radius 2 is 2.00 bits per heavy atom. The maximum atomic E-state index is 9.55. The van der Waals surface area contributed by atoms with E-state index in [4.69, 9.17) is 5.11 Å². The molecule has 1 aromatic carbocycles. The highest BCUT2D eigenvalue weighted by Crippen LogP contribution is 2.29. The van der Waals surface area contributed by atoms with Crippen molar-refractivity contribution >= 4 is 15.9 Å². The predicted molar refractivity (Wildman–Crippen MR) is 55.7 cm³/mol. The Morgan fingerprint density at radius 1 is 1.31 bits per heavy atom. The smallest absolute Gasteiger partial charge is 0.119 e. The molecule has 0 spiro atoms. The Bertz CT molecular complexity index is 297. The third-order valence-electron chi connectivity index (χ3n) is 2.01. The number of aromatic hydroxyl groups is 1. The first-order valence-electron chi connectivity index (χ1n) is 4.30. The molecule has 0 aliphatic rings. The molecular weight excluding hydrogens is 232 g/mol. The molecule has 0 aliphatic heterocycles. The number of halogens is 1. The maximum Gasteiger partial charge on any atom is 0.119 e. The summed E-state index contributed by atoms with van der Waals surface area (Å²) < 4.78 is 0.858. The van der Waals surface area contributed by atoms with Crippen LogP contribution in [-0.4, -0.2) is 10.2 Å². The van der Waals surface area contributed by atoms with E-state index in [0.29, 0.717) is 0 Å². The highest BCUT2D eigenvalue weighted by atomic mass is 79.9. The van der Waals surface area contributed by atoms with E-state index in [1.54, 1.807) is 12.1 Å². The Morgan fingerprint density at radius 3 is 2.54 bits per heavy atom. The van der Waals surface area contributed by atoms with Gasteiger partial charge >= 0.3 is 0 Å². The molecule has 2 nitrogen and oxygen atoms in total. The number of phenols is 1. The standard InChI is InChI=1S/C10H13BrO2/c1-2-3-7-8(6-12)9(11)4-5-10(7)13/h4-5,12-13H,2-3,6H2,1H3. The Hall–Kier alpha value is -0.540. The third-order valence-corrected chi connectivity index (χ3v) is 2.75. The van der Waals surface area contributed by atoms with Crippen molar-refractivity contribution in [1.82, 2.24) is 0 Å². The molecule has 72 valence electrons.